The molecule has 0 aliphatic rings. The van der Waals surface area contributed by atoms with Crippen molar-refractivity contribution in [3.63, 3.8) is 0 Å². The number of likely N-dealkylation sites (N-methyl/N-ethyl adjacent to an activating group) is 1. The summed E-state index contributed by atoms with van der Waals surface area (Å²) in [4.78, 5) is 14.2. The van der Waals surface area contributed by atoms with Crippen molar-refractivity contribution < 1.29 is 4.79 Å². The summed E-state index contributed by atoms with van der Waals surface area (Å²) >= 11 is 12.4. The van der Waals surface area contributed by atoms with Crippen molar-refractivity contribution >= 4 is 29.1 Å². The molecular formula is C21H26Cl2N2O. The number of carbonyl (C=O) groups excluding carboxylic acids is 1. The number of halogens is 2. The van der Waals surface area contributed by atoms with Gasteiger partial charge in [-0.2, -0.15) is 0 Å². The highest BCUT2D eigenvalue weighted by Crippen LogP contribution is 2.32. The van der Waals surface area contributed by atoms with Crippen LogP contribution in [0.15, 0.2) is 42.5 Å². The molecule has 0 spiro atoms. The van der Waals surface area contributed by atoms with E-state index >= 15 is 0 Å². The minimum atomic E-state index is -0.0359. The van der Waals surface area contributed by atoms with Gasteiger partial charge in [-0.15, -0.1) is 0 Å². The largest absolute Gasteiger partial charge is 0.351 e. The number of hydrogen-bond donors (Lipinski definition) is 1. The van der Waals surface area contributed by atoms with E-state index < -0.39 is 0 Å². The lowest BCUT2D eigenvalue weighted by molar-refractivity contribution is 0.0951. The van der Waals surface area contributed by atoms with Gasteiger partial charge in [0.2, 0.25) is 0 Å². The molecule has 1 amide bonds. The van der Waals surface area contributed by atoms with Crippen molar-refractivity contribution in [2.45, 2.75) is 25.7 Å². The smallest absolute Gasteiger partial charge is 0.251 e. The van der Waals surface area contributed by atoms with E-state index in [-0.39, 0.29) is 5.91 Å². The SMILES string of the molecule is CCC(Cc1ccc(C(=O)NCCN(C)C)cc1)c1ccc(Cl)cc1Cl. The first kappa shape index (κ1) is 20.8. The zero-order valence-electron chi connectivity index (χ0n) is 15.6. The third kappa shape index (κ3) is 6.01. The maximum Gasteiger partial charge on any atom is 0.251 e. The van der Waals surface area contributed by atoms with E-state index in [9.17, 15) is 4.79 Å². The number of carbonyl (C=O) groups is 1. The Morgan fingerprint density at radius 3 is 2.38 bits per heavy atom. The normalized spacial score (nSPS) is 12.2. The number of benzene rings is 2. The molecule has 0 fully saturated rings. The predicted octanol–water partition coefficient (Wildman–Crippen LogP) is 5.02. The second kappa shape index (κ2) is 9.96. The number of rotatable bonds is 8. The Morgan fingerprint density at radius 1 is 1.12 bits per heavy atom. The lowest BCUT2D eigenvalue weighted by Crippen LogP contribution is -2.31. The zero-order chi connectivity index (χ0) is 19.1. The van der Waals surface area contributed by atoms with E-state index in [1.54, 1.807) is 6.07 Å². The van der Waals surface area contributed by atoms with E-state index in [4.69, 9.17) is 23.2 Å². The summed E-state index contributed by atoms with van der Waals surface area (Å²) in [5, 5.41) is 4.29. The van der Waals surface area contributed by atoms with Crippen molar-refractivity contribution in [2.24, 2.45) is 0 Å². The number of nitrogens with one attached hydrogen (secondary N) is 1. The molecule has 0 heterocycles. The second-order valence-corrected chi connectivity index (χ2v) is 7.57. The van der Waals surface area contributed by atoms with Crippen LogP contribution in [-0.2, 0) is 6.42 Å². The molecule has 26 heavy (non-hydrogen) atoms. The van der Waals surface area contributed by atoms with E-state index in [0.717, 1.165) is 24.9 Å². The van der Waals surface area contributed by atoms with Gasteiger partial charge in [-0.3, -0.25) is 4.79 Å². The minimum Gasteiger partial charge on any atom is -0.351 e. The standard InChI is InChI=1S/C21H26Cl2N2O/c1-4-16(19-10-9-18(22)14-20(19)23)13-15-5-7-17(8-6-15)21(26)24-11-12-25(2)3/h5-10,14,16H,4,11-13H2,1-3H3,(H,24,26). The van der Waals surface area contributed by atoms with Crippen molar-refractivity contribution in [3.05, 3.63) is 69.2 Å². The Kier molecular flexibility index (Phi) is 7.95. The summed E-state index contributed by atoms with van der Waals surface area (Å²) in [6.07, 6.45) is 1.86. The quantitative estimate of drug-likeness (QED) is 0.683. The molecule has 0 aliphatic carbocycles. The van der Waals surface area contributed by atoms with E-state index in [1.807, 2.05) is 55.4 Å². The average molecular weight is 393 g/mol. The second-order valence-electron chi connectivity index (χ2n) is 6.73. The van der Waals surface area contributed by atoms with Gasteiger partial charge >= 0.3 is 0 Å². The Hall–Kier alpha value is -1.55. The molecule has 0 saturated carbocycles. The van der Waals surface area contributed by atoms with E-state index in [0.29, 0.717) is 28.1 Å². The molecule has 0 aliphatic heterocycles. The van der Waals surface area contributed by atoms with Gasteiger partial charge in [0.15, 0.2) is 0 Å². The molecule has 0 bridgehead atoms. The van der Waals surface area contributed by atoms with Crippen LogP contribution in [-0.4, -0.2) is 38.0 Å². The predicted molar refractivity (Wildman–Crippen MR) is 111 cm³/mol. The van der Waals surface area contributed by atoms with Gasteiger partial charge < -0.3 is 10.2 Å². The number of nitrogens with zero attached hydrogens (tertiary/aromatic N) is 1. The molecule has 2 rings (SSSR count). The van der Waals surface area contributed by atoms with Crippen molar-refractivity contribution in [1.29, 1.82) is 0 Å². The van der Waals surface area contributed by atoms with Gasteiger partial charge in [0.05, 0.1) is 0 Å². The van der Waals surface area contributed by atoms with Crippen molar-refractivity contribution in [2.75, 3.05) is 27.2 Å². The van der Waals surface area contributed by atoms with Gasteiger partial charge in [0, 0.05) is 28.7 Å². The van der Waals surface area contributed by atoms with E-state index in [1.165, 1.54) is 5.56 Å². The zero-order valence-corrected chi connectivity index (χ0v) is 17.1. The monoisotopic (exact) mass is 392 g/mol. The van der Waals surface area contributed by atoms with Crippen LogP contribution in [0.25, 0.3) is 0 Å². The molecule has 0 saturated heterocycles. The van der Waals surface area contributed by atoms with Crippen LogP contribution in [0.5, 0.6) is 0 Å². The molecular weight excluding hydrogens is 367 g/mol. The first-order valence-corrected chi connectivity index (χ1v) is 9.63. The van der Waals surface area contributed by atoms with Crippen molar-refractivity contribution in [3.8, 4) is 0 Å². The highest BCUT2D eigenvalue weighted by Gasteiger charge is 2.14. The molecule has 5 heteroatoms. The van der Waals surface area contributed by atoms with Crippen LogP contribution in [0.4, 0.5) is 0 Å². The van der Waals surface area contributed by atoms with Crippen molar-refractivity contribution in [1.82, 2.24) is 10.2 Å². The Labute approximate surface area is 166 Å². The summed E-state index contributed by atoms with van der Waals surface area (Å²) < 4.78 is 0. The van der Waals surface area contributed by atoms with Crippen LogP contribution in [0.1, 0.15) is 40.7 Å². The van der Waals surface area contributed by atoms with Crippen LogP contribution >= 0.6 is 23.2 Å². The van der Waals surface area contributed by atoms with Gasteiger partial charge in [0.1, 0.15) is 0 Å². The Bertz CT molecular complexity index is 729. The van der Waals surface area contributed by atoms with Gasteiger partial charge in [-0.25, -0.2) is 0 Å². The summed E-state index contributed by atoms with van der Waals surface area (Å²) in [7, 11) is 3.97. The molecule has 2 aromatic rings. The molecule has 0 aromatic heterocycles. The molecule has 1 N–H and O–H groups in total. The lowest BCUT2D eigenvalue weighted by Gasteiger charge is -2.17. The Balaban J connectivity index is 2.02. The summed E-state index contributed by atoms with van der Waals surface area (Å²) in [6.45, 7) is 3.62. The fraction of sp³-hybridized carbons (Fsp3) is 0.381. The average Bonchev–Trinajstić information content (AvgIpc) is 2.60. The number of amides is 1. The number of hydrogen-bond acceptors (Lipinski definition) is 2. The fourth-order valence-corrected chi connectivity index (χ4v) is 3.44. The van der Waals surface area contributed by atoms with Crippen LogP contribution in [0.3, 0.4) is 0 Å². The van der Waals surface area contributed by atoms with Crippen LogP contribution in [0, 0.1) is 0 Å². The van der Waals surface area contributed by atoms with E-state index in [2.05, 4.69) is 12.2 Å². The molecule has 1 atom stereocenters. The minimum absolute atomic E-state index is 0.0359. The third-order valence-electron chi connectivity index (χ3n) is 4.44. The van der Waals surface area contributed by atoms with Crippen LogP contribution in [0.2, 0.25) is 10.0 Å². The van der Waals surface area contributed by atoms with Gasteiger partial charge in [-0.05, 0) is 68.2 Å². The topological polar surface area (TPSA) is 32.3 Å². The Morgan fingerprint density at radius 2 is 1.81 bits per heavy atom. The molecule has 140 valence electrons. The summed E-state index contributed by atoms with van der Waals surface area (Å²) in [6, 6.07) is 13.5. The first-order valence-electron chi connectivity index (χ1n) is 8.87. The highest BCUT2D eigenvalue weighted by atomic mass is 35.5. The molecule has 1 unspecified atom stereocenters. The van der Waals surface area contributed by atoms with Crippen LogP contribution < -0.4 is 5.32 Å². The maximum atomic E-state index is 12.2. The molecule has 3 nitrogen and oxygen atoms in total. The fourth-order valence-electron chi connectivity index (χ4n) is 2.88. The lowest BCUT2D eigenvalue weighted by atomic mass is 9.89. The first-order chi connectivity index (χ1) is 12.4. The third-order valence-corrected chi connectivity index (χ3v) is 5.00. The highest BCUT2D eigenvalue weighted by molar-refractivity contribution is 6.35. The van der Waals surface area contributed by atoms with Gasteiger partial charge in [0.25, 0.3) is 5.91 Å². The molecule has 0 radical (unpaired) electrons. The maximum absolute atomic E-state index is 12.2. The molecule has 2 aromatic carbocycles. The summed E-state index contributed by atoms with van der Waals surface area (Å²) in [5.41, 5.74) is 2.99. The van der Waals surface area contributed by atoms with Gasteiger partial charge in [-0.1, -0.05) is 48.3 Å². The summed E-state index contributed by atoms with van der Waals surface area (Å²) in [5.74, 6) is 0.283.